The fourth-order valence-electron chi connectivity index (χ4n) is 1.11. The third kappa shape index (κ3) is 4.62. The van der Waals surface area contributed by atoms with E-state index in [1.807, 2.05) is 0 Å². The molecule has 1 aromatic rings. The Morgan fingerprint density at radius 3 is 2.28 bits per heavy atom. The van der Waals surface area contributed by atoms with Gasteiger partial charge in [0.05, 0.1) is 0 Å². The average molecular weight is 264 g/mol. The second-order valence-electron chi connectivity index (χ2n) is 3.49. The van der Waals surface area contributed by atoms with Crippen LogP contribution < -0.4 is 4.74 Å². The van der Waals surface area contributed by atoms with E-state index >= 15 is 0 Å². The van der Waals surface area contributed by atoms with Gasteiger partial charge in [-0.2, -0.15) is 0 Å². The van der Waals surface area contributed by atoms with Crippen LogP contribution in [0.4, 0.5) is 13.2 Å². The monoisotopic (exact) mass is 264 g/mol. The fraction of sp³-hybridized carbons (Fsp3) is 0.364. The van der Waals surface area contributed by atoms with Crippen molar-refractivity contribution in [1.82, 2.24) is 0 Å². The van der Waals surface area contributed by atoms with Gasteiger partial charge in [0, 0.05) is 0 Å². The first-order chi connectivity index (χ1) is 8.29. The Bertz CT molecular complexity index is 391. The van der Waals surface area contributed by atoms with Gasteiger partial charge in [-0.1, -0.05) is 18.2 Å². The summed E-state index contributed by atoms with van der Waals surface area (Å²) >= 11 is 0. The quantitative estimate of drug-likeness (QED) is 0.830. The smallest absolute Gasteiger partial charge is 0.481 e. The van der Waals surface area contributed by atoms with Gasteiger partial charge in [0.15, 0.2) is 0 Å². The van der Waals surface area contributed by atoms with Crippen LogP contribution in [0.15, 0.2) is 30.3 Å². The molecule has 2 atom stereocenters. The van der Waals surface area contributed by atoms with Crippen LogP contribution in [0.5, 0.6) is 5.75 Å². The summed E-state index contributed by atoms with van der Waals surface area (Å²) in [4.78, 5) is 10.7. The number of ether oxygens (including phenoxy) is 2. The van der Waals surface area contributed by atoms with Gasteiger partial charge in [-0.15, -0.1) is 13.2 Å². The van der Waals surface area contributed by atoms with Gasteiger partial charge >= 0.3 is 12.3 Å². The van der Waals surface area contributed by atoms with Crippen molar-refractivity contribution >= 4 is 5.97 Å². The number of alkyl halides is 3. The molecule has 1 rings (SSSR count). The zero-order valence-corrected chi connectivity index (χ0v) is 9.35. The maximum Gasteiger partial charge on any atom is 0.525 e. The Balaban J connectivity index is 2.81. The minimum absolute atomic E-state index is 0.0971. The molecule has 0 aromatic heterocycles. The highest BCUT2D eigenvalue weighted by Crippen LogP contribution is 2.25. The number of aliphatic carboxylic acids is 1. The van der Waals surface area contributed by atoms with Crippen molar-refractivity contribution in [2.24, 2.45) is 5.92 Å². The Morgan fingerprint density at radius 2 is 1.83 bits per heavy atom. The number of carboxylic acids is 1. The summed E-state index contributed by atoms with van der Waals surface area (Å²) in [5.41, 5.74) is 0. The molecular formula is C11H11F3O4. The van der Waals surface area contributed by atoms with Gasteiger partial charge in [0.2, 0.25) is 6.29 Å². The lowest BCUT2D eigenvalue weighted by Gasteiger charge is -2.23. The third-order valence-electron chi connectivity index (χ3n) is 2.04. The lowest BCUT2D eigenvalue weighted by Crippen LogP contribution is -2.37. The summed E-state index contributed by atoms with van der Waals surface area (Å²) in [6.07, 6.45) is -6.91. The van der Waals surface area contributed by atoms with E-state index in [-0.39, 0.29) is 5.75 Å². The zero-order valence-electron chi connectivity index (χ0n) is 9.35. The summed E-state index contributed by atoms with van der Waals surface area (Å²) < 4.78 is 45.0. The van der Waals surface area contributed by atoms with Crippen LogP contribution in [0, 0.1) is 5.92 Å². The number of halogens is 3. The molecule has 2 unspecified atom stereocenters. The summed E-state index contributed by atoms with van der Waals surface area (Å²) in [6, 6.07) is 7.55. The van der Waals surface area contributed by atoms with Crippen LogP contribution in [0.2, 0.25) is 0 Å². The summed E-state index contributed by atoms with van der Waals surface area (Å²) in [6.45, 7) is 1.07. The maximum absolute atomic E-state index is 12.1. The van der Waals surface area contributed by atoms with E-state index in [2.05, 4.69) is 4.74 Å². The van der Waals surface area contributed by atoms with Crippen molar-refractivity contribution in [2.75, 3.05) is 0 Å². The molecule has 0 aliphatic heterocycles. The van der Waals surface area contributed by atoms with Crippen molar-refractivity contribution in [3.63, 3.8) is 0 Å². The van der Waals surface area contributed by atoms with E-state index in [0.29, 0.717) is 0 Å². The largest absolute Gasteiger partial charge is 0.525 e. The maximum atomic E-state index is 12.1. The van der Waals surface area contributed by atoms with Crippen LogP contribution in [-0.4, -0.2) is 23.7 Å². The van der Waals surface area contributed by atoms with Gasteiger partial charge in [0.25, 0.3) is 0 Å². The molecule has 1 aromatic carbocycles. The fourth-order valence-corrected chi connectivity index (χ4v) is 1.11. The number of carboxylic acid groups (broad SMARTS) is 1. The van der Waals surface area contributed by atoms with E-state index < -0.39 is 24.5 Å². The number of benzene rings is 1. The highest BCUT2D eigenvalue weighted by Gasteiger charge is 2.39. The van der Waals surface area contributed by atoms with E-state index in [4.69, 9.17) is 9.84 Å². The number of hydrogen-bond donors (Lipinski definition) is 1. The molecule has 0 saturated heterocycles. The molecule has 4 nitrogen and oxygen atoms in total. The number of carbonyl (C=O) groups is 1. The van der Waals surface area contributed by atoms with Crippen molar-refractivity contribution in [2.45, 2.75) is 19.6 Å². The lowest BCUT2D eigenvalue weighted by molar-refractivity contribution is -0.372. The van der Waals surface area contributed by atoms with Crippen LogP contribution in [0.3, 0.4) is 0 Å². The third-order valence-corrected chi connectivity index (χ3v) is 2.04. The van der Waals surface area contributed by atoms with E-state index in [9.17, 15) is 18.0 Å². The topological polar surface area (TPSA) is 55.8 Å². The molecular weight excluding hydrogens is 253 g/mol. The Hall–Kier alpha value is -1.76. The molecule has 0 saturated carbocycles. The van der Waals surface area contributed by atoms with E-state index in [1.54, 1.807) is 18.2 Å². The molecule has 0 aliphatic carbocycles. The number of rotatable bonds is 5. The second-order valence-corrected chi connectivity index (χ2v) is 3.49. The minimum Gasteiger partial charge on any atom is -0.481 e. The van der Waals surface area contributed by atoms with Crippen molar-refractivity contribution in [3.8, 4) is 5.75 Å². The van der Waals surface area contributed by atoms with Gasteiger partial charge in [-0.25, -0.2) is 0 Å². The zero-order chi connectivity index (χ0) is 13.8. The van der Waals surface area contributed by atoms with Crippen LogP contribution in [0.1, 0.15) is 6.92 Å². The Morgan fingerprint density at radius 1 is 1.28 bits per heavy atom. The van der Waals surface area contributed by atoms with Crippen LogP contribution in [-0.2, 0) is 9.53 Å². The predicted octanol–water partition coefficient (Wildman–Crippen LogP) is 2.65. The van der Waals surface area contributed by atoms with Crippen molar-refractivity contribution in [3.05, 3.63) is 30.3 Å². The first-order valence-corrected chi connectivity index (χ1v) is 4.98. The number of hydrogen-bond acceptors (Lipinski definition) is 3. The molecule has 100 valence electrons. The van der Waals surface area contributed by atoms with Crippen molar-refractivity contribution in [1.29, 1.82) is 0 Å². The molecule has 0 spiro atoms. The van der Waals surface area contributed by atoms with Gasteiger partial charge in [-0.05, 0) is 19.1 Å². The first kappa shape index (κ1) is 14.3. The molecule has 7 heteroatoms. The Labute approximate surface area is 101 Å². The van der Waals surface area contributed by atoms with E-state index in [1.165, 1.54) is 12.1 Å². The molecule has 0 amide bonds. The molecule has 0 heterocycles. The highest BCUT2D eigenvalue weighted by molar-refractivity contribution is 5.70. The van der Waals surface area contributed by atoms with Gasteiger partial charge in [0.1, 0.15) is 11.7 Å². The van der Waals surface area contributed by atoms with Crippen molar-refractivity contribution < 1.29 is 32.5 Å². The van der Waals surface area contributed by atoms with Gasteiger partial charge in [-0.3, -0.25) is 9.53 Å². The first-order valence-electron chi connectivity index (χ1n) is 4.98. The van der Waals surface area contributed by atoms with Crippen LogP contribution >= 0.6 is 0 Å². The minimum atomic E-state index is -4.97. The number of para-hydroxylation sites is 1. The highest BCUT2D eigenvalue weighted by atomic mass is 19.4. The summed E-state index contributed by atoms with van der Waals surface area (Å²) in [5.74, 6) is -2.81. The molecule has 18 heavy (non-hydrogen) atoms. The van der Waals surface area contributed by atoms with Gasteiger partial charge < -0.3 is 9.84 Å². The predicted molar refractivity (Wildman–Crippen MR) is 54.8 cm³/mol. The summed E-state index contributed by atoms with van der Waals surface area (Å²) in [5, 5.41) is 8.70. The molecule has 0 aliphatic rings. The standard InChI is InChI=1S/C11H11F3O4/c1-7(9(15)16)10(18-11(12,13)14)17-8-5-3-2-4-6-8/h2-7,10H,1H3,(H,15,16). The normalized spacial score (nSPS) is 14.9. The van der Waals surface area contributed by atoms with E-state index in [0.717, 1.165) is 6.92 Å². The SMILES string of the molecule is CC(C(=O)O)C(Oc1ccccc1)OC(F)(F)F. The summed E-state index contributed by atoms with van der Waals surface area (Å²) in [7, 11) is 0. The molecule has 0 bridgehead atoms. The van der Waals surface area contributed by atoms with Crippen LogP contribution in [0.25, 0.3) is 0 Å². The molecule has 0 radical (unpaired) electrons. The Kier molecular flexibility index (Phi) is 4.55. The lowest BCUT2D eigenvalue weighted by atomic mass is 10.2. The molecule has 1 N–H and O–H groups in total. The average Bonchev–Trinajstić information content (AvgIpc) is 2.26. The molecule has 0 fully saturated rings. The second kappa shape index (κ2) is 5.72.